The summed E-state index contributed by atoms with van der Waals surface area (Å²) >= 11 is 0. The first-order valence-electron chi connectivity index (χ1n) is 7.02. The Balaban J connectivity index is 2.90. The Kier molecular flexibility index (Phi) is 6.01. The Morgan fingerprint density at radius 1 is 1.12 bits per heavy atom. The van der Waals surface area contributed by atoms with Crippen LogP contribution in [0.1, 0.15) is 46.5 Å². The lowest BCUT2D eigenvalue weighted by molar-refractivity contribution is -0.276. The Hall–Kier alpha value is 0.137. The molecule has 0 heterocycles. The van der Waals surface area contributed by atoms with Crippen molar-refractivity contribution in [3.05, 3.63) is 0 Å². The van der Waals surface area contributed by atoms with E-state index in [4.69, 9.17) is 9.47 Å². The van der Waals surface area contributed by atoms with E-state index in [9.17, 15) is 0 Å². The molecule has 0 amide bonds. The molecule has 2 atom stereocenters. The van der Waals surface area contributed by atoms with Crippen LogP contribution >= 0.6 is 0 Å². The maximum absolute atomic E-state index is 6.13. The van der Waals surface area contributed by atoms with E-state index in [1.165, 1.54) is 25.7 Å². The Morgan fingerprint density at radius 3 is 2.19 bits per heavy atom. The van der Waals surface area contributed by atoms with E-state index in [1.54, 1.807) is 0 Å². The van der Waals surface area contributed by atoms with Gasteiger partial charge in [0.2, 0.25) is 0 Å². The van der Waals surface area contributed by atoms with Crippen molar-refractivity contribution in [1.82, 2.24) is 0 Å². The maximum atomic E-state index is 6.13. The molecule has 0 aromatic rings. The summed E-state index contributed by atoms with van der Waals surface area (Å²) in [5.74, 6) is 0.385. The van der Waals surface area contributed by atoms with Gasteiger partial charge < -0.3 is 9.47 Å². The van der Waals surface area contributed by atoms with Crippen molar-refractivity contribution in [3.63, 3.8) is 0 Å². The highest BCUT2D eigenvalue weighted by Gasteiger charge is 2.47. The van der Waals surface area contributed by atoms with Crippen LogP contribution in [-0.4, -0.2) is 28.5 Å². The average molecular weight is 244 g/mol. The summed E-state index contributed by atoms with van der Waals surface area (Å²) in [5, 5.41) is 0. The summed E-state index contributed by atoms with van der Waals surface area (Å²) in [4.78, 5) is 0. The minimum absolute atomic E-state index is 0.0677. The highest BCUT2D eigenvalue weighted by molar-refractivity contribution is 6.36. The van der Waals surface area contributed by atoms with Crippen molar-refractivity contribution in [1.29, 1.82) is 0 Å². The predicted octanol–water partition coefficient (Wildman–Crippen LogP) is 2.97. The summed E-state index contributed by atoms with van der Waals surface area (Å²) in [6.07, 6.45) is 5.15. The number of ether oxygens (including phenoxy) is 2. The fourth-order valence-corrected chi connectivity index (χ4v) is 5.12. The molecule has 0 radical (unpaired) electrons. The normalized spacial score (nSPS) is 30.0. The number of hydrogen-bond donors (Lipinski definition) is 0. The zero-order valence-corrected chi connectivity index (χ0v) is 12.8. The molecule has 0 spiro atoms. The van der Waals surface area contributed by atoms with Gasteiger partial charge in [-0.15, -0.1) is 0 Å². The minimum Gasteiger partial charge on any atom is -0.350 e. The third-order valence-electron chi connectivity index (χ3n) is 3.97. The molecule has 2 unspecified atom stereocenters. The summed E-state index contributed by atoms with van der Waals surface area (Å²) in [7, 11) is -0.0677. The molecule has 2 nitrogen and oxygen atoms in total. The van der Waals surface area contributed by atoms with Gasteiger partial charge in [0.05, 0.1) is 0 Å². The fourth-order valence-electron chi connectivity index (χ4n) is 3.29. The van der Waals surface area contributed by atoms with Gasteiger partial charge in [-0.1, -0.05) is 19.9 Å². The Morgan fingerprint density at radius 2 is 1.75 bits per heavy atom. The molecule has 96 valence electrons. The van der Waals surface area contributed by atoms with Crippen LogP contribution in [0.3, 0.4) is 0 Å². The molecule has 0 aromatic carbocycles. The van der Waals surface area contributed by atoms with Gasteiger partial charge in [0.25, 0.3) is 0 Å². The van der Waals surface area contributed by atoms with E-state index in [2.05, 4.69) is 27.3 Å². The summed E-state index contributed by atoms with van der Waals surface area (Å²) in [6.45, 7) is 10.4. The third kappa shape index (κ3) is 2.69. The first-order valence-corrected chi connectivity index (χ1v) is 9.26. The van der Waals surface area contributed by atoms with Gasteiger partial charge in [0.15, 0.2) is 5.79 Å². The van der Waals surface area contributed by atoms with Gasteiger partial charge in [-0.2, -0.15) is 0 Å². The Labute approximate surface area is 103 Å². The molecule has 1 rings (SSSR count). The molecule has 1 aliphatic carbocycles. The summed E-state index contributed by atoms with van der Waals surface area (Å²) in [6, 6.07) is 0. The van der Waals surface area contributed by atoms with E-state index in [0.717, 1.165) is 13.2 Å². The summed E-state index contributed by atoms with van der Waals surface area (Å²) in [5.41, 5.74) is 0.714. The number of hydrogen-bond acceptors (Lipinski definition) is 2. The van der Waals surface area contributed by atoms with E-state index >= 15 is 0 Å². The number of rotatable bonds is 6. The highest BCUT2D eigenvalue weighted by Crippen LogP contribution is 2.46. The van der Waals surface area contributed by atoms with E-state index in [-0.39, 0.29) is 15.3 Å². The lowest BCUT2D eigenvalue weighted by Crippen LogP contribution is -2.51. The van der Waals surface area contributed by atoms with Crippen molar-refractivity contribution < 1.29 is 9.47 Å². The molecule has 0 bridgehead atoms. The van der Waals surface area contributed by atoms with Crippen LogP contribution in [0.25, 0.3) is 0 Å². The van der Waals surface area contributed by atoms with Crippen molar-refractivity contribution in [2.45, 2.75) is 64.3 Å². The van der Waals surface area contributed by atoms with E-state index in [0.29, 0.717) is 11.5 Å². The second kappa shape index (κ2) is 6.77. The van der Waals surface area contributed by atoms with Gasteiger partial charge in [-0.3, -0.25) is 0 Å². The molecular weight excluding hydrogens is 216 g/mol. The standard InChI is InChI=1S/C13H28O2Si/c1-5-11-9-8-10-12(16-4)13(11,14-6-2)15-7-3/h11-12H,5-10,16H2,1-4H3. The molecule has 1 saturated carbocycles. The molecule has 1 fully saturated rings. The highest BCUT2D eigenvalue weighted by atomic mass is 28.2. The van der Waals surface area contributed by atoms with Crippen LogP contribution in [0.5, 0.6) is 0 Å². The van der Waals surface area contributed by atoms with Gasteiger partial charge in [0.1, 0.15) is 0 Å². The molecule has 1 aliphatic rings. The SMILES string of the molecule is CCOC1(OCC)C(CC)CCCC1[SiH2]C. The van der Waals surface area contributed by atoms with Gasteiger partial charge in [-0.25, -0.2) is 0 Å². The van der Waals surface area contributed by atoms with E-state index in [1.807, 2.05) is 0 Å². The maximum Gasteiger partial charge on any atom is 0.170 e. The lowest BCUT2D eigenvalue weighted by Gasteiger charge is -2.48. The van der Waals surface area contributed by atoms with Crippen LogP contribution in [0.15, 0.2) is 0 Å². The Bertz CT molecular complexity index is 176. The smallest absolute Gasteiger partial charge is 0.170 e. The third-order valence-corrected chi connectivity index (χ3v) is 5.93. The van der Waals surface area contributed by atoms with Crippen molar-refractivity contribution >= 4 is 9.52 Å². The monoisotopic (exact) mass is 244 g/mol. The first-order chi connectivity index (χ1) is 7.75. The van der Waals surface area contributed by atoms with E-state index < -0.39 is 0 Å². The van der Waals surface area contributed by atoms with Crippen LogP contribution in [0.4, 0.5) is 0 Å². The van der Waals surface area contributed by atoms with Crippen molar-refractivity contribution in [2.75, 3.05) is 13.2 Å². The van der Waals surface area contributed by atoms with Crippen LogP contribution in [0, 0.1) is 5.92 Å². The quantitative estimate of drug-likeness (QED) is 0.528. The lowest BCUT2D eigenvalue weighted by atomic mass is 9.80. The molecule has 0 N–H and O–H groups in total. The average Bonchev–Trinajstić information content (AvgIpc) is 2.30. The molecule has 16 heavy (non-hydrogen) atoms. The van der Waals surface area contributed by atoms with Gasteiger partial charge in [0, 0.05) is 34.2 Å². The van der Waals surface area contributed by atoms with Crippen LogP contribution in [-0.2, 0) is 9.47 Å². The molecule has 0 aromatic heterocycles. The zero-order valence-electron chi connectivity index (χ0n) is 11.4. The largest absolute Gasteiger partial charge is 0.350 e. The minimum atomic E-state index is -0.225. The topological polar surface area (TPSA) is 18.5 Å². The fraction of sp³-hybridized carbons (Fsp3) is 1.00. The summed E-state index contributed by atoms with van der Waals surface area (Å²) < 4.78 is 12.3. The first kappa shape index (κ1) is 14.2. The second-order valence-electron chi connectivity index (χ2n) is 4.73. The van der Waals surface area contributed by atoms with Gasteiger partial charge in [-0.05, 0) is 33.1 Å². The predicted molar refractivity (Wildman–Crippen MR) is 71.8 cm³/mol. The molecule has 0 aliphatic heterocycles. The van der Waals surface area contributed by atoms with Crippen molar-refractivity contribution in [2.24, 2.45) is 5.92 Å². The van der Waals surface area contributed by atoms with Crippen molar-refractivity contribution in [3.8, 4) is 0 Å². The molecule has 3 heteroatoms. The zero-order chi connectivity index (χ0) is 12.0. The molecular formula is C13H28O2Si. The van der Waals surface area contributed by atoms with Crippen LogP contribution < -0.4 is 0 Å². The van der Waals surface area contributed by atoms with Gasteiger partial charge >= 0.3 is 0 Å². The molecule has 0 saturated heterocycles. The van der Waals surface area contributed by atoms with Crippen LogP contribution in [0.2, 0.25) is 12.1 Å². The second-order valence-corrected chi connectivity index (χ2v) is 6.53.